The Morgan fingerprint density at radius 1 is 1.47 bits per heavy atom. The third kappa shape index (κ3) is 4.28. The van der Waals surface area contributed by atoms with E-state index in [1.807, 2.05) is 6.92 Å². The van der Waals surface area contributed by atoms with Crippen molar-refractivity contribution >= 4 is 5.91 Å². The molecule has 0 bridgehead atoms. The molecular weight excluding hydrogens is 218 g/mol. The summed E-state index contributed by atoms with van der Waals surface area (Å²) in [6.07, 6.45) is 2.41. The molecule has 3 unspecified atom stereocenters. The van der Waals surface area contributed by atoms with Crippen molar-refractivity contribution in [3.63, 3.8) is 0 Å². The summed E-state index contributed by atoms with van der Waals surface area (Å²) in [5.74, 6) is 0.243. The number of hydrogen-bond donors (Lipinski definition) is 2. The van der Waals surface area contributed by atoms with Gasteiger partial charge in [-0.2, -0.15) is 0 Å². The lowest BCUT2D eigenvalue weighted by Gasteiger charge is -2.21. The minimum absolute atomic E-state index is 0.0133. The van der Waals surface area contributed by atoms with Gasteiger partial charge in [0.2, 0.25) is 5.91 Å². The van der Waals surface area contributed by atoms with E-state index in [0.717, 1.165) is 19.3 Å². The van der Waals surface area contributed by atoms with Crippen molar-refractivity contribution in [3.8, 4) is 0 Å². The molecule has 0 aromatic heterocycles. The topological polar surface area (TPSA) is 58.6 Å². The van der Waals surface area contributed by atoms with Gasteiger partial charge < -0.3 is 15.2 Å². The van der Waals surface area contributed by atoms with Crippen LogP contribution in [-0.2, 0) is 9.53 Å². The lowest BCUT2D eigenvalue weighted by Crippen LogP contribution is -2.39. The largest absolute Gasteiger partial charge is 0.391 e. The zero-order valence-corrected chi connectivity index (χ0v) is 11.1. The van der Waals surface area contributed by atoms with Crippen molar-refractivity contribution in [1.29, 1.82) is 0 Å². The van der Waals surface area contributed by atoms with Crippen LogP contribution >= 0.6 is 0 Å². The molecule has 1 saturated heterocycles. The number of carbonyl (C=O) groups is 1. The van der Waals surface area contributed by atoms with E-state index in [-0.39, 0.29) is 23.8 Å². The van der Waals surface area contributed by atoms with E-state index < -0.39 is 6.10 Å². The zero-order valence-electron chi connectivity index (χ0n) is 11.1. The average Bonchev–Trinajstić information content (AvgIpc) is 2.74. The highest BCUT2D eigenvalue weighted by molar-refractivity contribution is 5.79. The number of rotatable bonds is 6. The van der Waals surface area contributed by atoms with Crippen molar-refractivity contribution in [2.45, 2.75) is 52.2 Å². The molecule has 3 atom stereocenters. The van der Waals surface area contributed by atoms with E-state index in [1.54, 1.807) is 0 Å². The summed E-state index contributed by atoms with van der Waals surface area (Å²) in [7, 11) is 0. The van der Waals surface area contributed by atoms with Crippen LogP contribution in [0.4, 0.5) is 0 Å². The Kier molecular flexibility index (Phi) is 5.92. The molecule has 4 heteroatoms. The third-order valence-corrected chi connectivity index (χ3v) is 3.65. The first-order valence-electron chi connectivity index (χ1n) is 6.65. The highest BCUT2D eigenvalue weighted by Gasteiger charge is 2.28. The van der Waals surface area contributed by atoms with Crippen molar-refractivity contribution in [1.82, 2.24) is 5.32 Å². The molecule has 1 heterocycles. The van der Waals surface area contributed by atoms with Crippen LogP contribution in [0, 0.1) is 11.8 Å². The Hall–Kier alpha value is -0.610. The zero-order chi connectivity index (χ0) is 12.8. The molecule has 1 fully saturated rings. The van der Waals surface area contributed by atoms with Gasteiger partial charge in [-0.3, -0.25) is 4.79 Å². The molecule has 0 saturated carbocycles. The molecule has 0 aromatic carbocycles. The highest BCUT2D eigenvalue weighted by Crippen LogP contribution is 2.19. The molecule has 100 valence electrons. The third-order valence-electron chi connectivity index (χ3n) is 3.65. The minimum Gasteiger partial charge on any atom is -0.391 e. The molecule has 4 nitrogen and oxygen atoms in total. The second-order valence-corrected chi connectivity index (χ2v) is 4.97. The van der Waals surface area contributed by atoms with Crippen LogP contribution in [0.2, 0.25) is 0 Å². The van der Waals surface area contributed by atoms with Gasteiger partial charge in [0.25, 0.3) is 0 Å². The van der Waals surface area contributed by atoms with Gasteiger partial charge in [-0.05, 0) is 19.3 Å². The van der Waals surface area contributed by atoms with Gasteiger partial charge >= 0.3 is 0 Å². The molecular formula is C13H25NO3. The van der Waals surface area contributed by atoms with Crippen molar-refractivity contribution < 1.29 is 14.6 Å². The lowest BCUT2D eigenvalue weighted by molar-refractivity contribution is -0.125. The fourth-order valence-electron chi connectivity index (χ4n) is 2.35. The fraction of sp³-hybridized carbons (Fsp3) is 0.923. The standard InChI is InChI=1S/C13H25NO3/c1-4-10(5-2)12(15)7-14-13(16)11-6-9(3)17-8-11/h9-12,15H,4-8H2,1-3H3,(H,14,16). The van der Waals surface area contributed by atoms with Crippen LogP contribution in [0.25, 0.3) is 0 Å². The van der Waals surface area contributed by atoms with Crippen LogP contribution in [-0.4, -0.2) is 36.4 Å². The van der Waals surface area contributed by atoms with E-state index in [4.69, 9.17) is 4.74 Å². The van der Waals surface area contributed by atoms with Gasteiger partial charge in [-0.1, -0.05) is 26.7 Å². The van der Waals surface area contributed by atoms with Crippen LogP contribution < -0.4 is 5.32 Å². The number of ether oxygens (including phenoxy) is 1. The second kappa shape index (κ2) is 6.97. The summed E-state index contributed by atoms with van der Waals surface area (Å²) in [6.45, 7) is 6.97. The molecule has 0 spiro atoms. The summed E-state index contributed by atoms with van der Waals surface area (Å²) < 4.78 is 5.36. The quantitative estimate of drug-likeness (QED) is 0.740. The number of hydrogen-bond acceptors (Lipinski definition) is 3. The summed E-state index contributed by atoms with van der Waals surface area (Å²) in [6, 6.07) is 0. The summed E-state index contributed by atoms with van der Waals surface area (Å²) in [4.78, 5) is 11.8. The summed E-state index contributed by atoms with van der Waals surface area (Å²) in [5, 5.41) is 12.7. The summed E-state index contributed by atoms with van der Waals surface area (Å²) in [5.41, 5.74) is 0. The monoisotopic (exact) mass is 243 g/mol. The fourth-order valence-corrected chi connectivity index (χ4v) is 2.35. The maximum absolute atomic E-state index is 11.8. The van der Waals surface area contributed by atoms with Gasteiger partial charge in [0.15, 0.2) is 0 Å². The van der Waals surface area contributed by atoms with Gasteiger partial charge in [-0.25, -0.2) is 0 Å². The summed E-state index contributed by atoms with van der Waals surface area (Å²) >= 11 is 0. The molecule has 1 rings (SSSR count). The smallest absolute Gasteiger partial charge is 0.225 e. The number of amides is 1. The van der Waals surface area contributed by atoms with Crippen LogP contribution in [0.3, 0.4) is 0 Å². The SMILES string of the molecule is CCC(CC)C(O)CNC(=O)C1COC(C)C1. The molecule has 0 radical (unpaired) electrons. The van der Waals surface area contributed by atoms with Crippen LogP contribution in [0.1, 0.15) is 40.0 Å². The maximum Gasteiger partial charge on any atom is 0.225 e. The van der Waals surface area contributed by atoms with Crippen molar-refractivity contribution in [2.75, 3.05) is 13.2 Å². The van der Waals surface area contributed by atoms with Crippen molar-refractivity contribution in [2.24, 2.45) is 11.8 Å². The molecule has 0 aliphatic carbocycles. The first-order chi connectivity index (χ1) is 8.08. The molecule has 17 heavy (non-hydrogen) atoms. The number of nitrogens with one attached hydrogen (secondary N) is 1. The second-order valence-electron chi connectivity index (χ2n) is 4.97. The van der Waals surface area contributed by atoms with E-state index in [2.05, 4.69) is 19.2 Å². The maximum atomic E-state index is 11.8. The molecule has 1 amide bonds. The van der Waals surface area contributed by atoms with E-state index in [0.29, 0.717) is 13.2 Å². The predicted molar refractivity (Wildman–Crippen MR) is 66.6 cm³/mol. The molecule has 1 aliphatic heterocycles. The Morgan fingerprint density at radius 2 is 2.12 bits per heavy atom. The Bertz CT molecular complexity index is 241. The Labute approximate surface area is 104 Å². The Morgan fingerprint density at radius 3 is 2.59 bits per heavy atom. The lowest BCUT2D eigenvalue weighted by atomic mass is 9.96. The molecule has 0 aromatic rings. The minimum atomic E-state index is -0.436. The Balaban J connectivity index is 2.27. The van der Waals surface area contributed by atoms with E-state index >= 15 is 0 Å². The van der Waals surface area contributed by atoms with Crippen LogP contribution in [0.5, 0.6) is 0 Å². The first-order valence-corrected chi connectivity index (χ1v) is 6.65. The van der Waals surface area contributed by atoms with Gasteiger partial charge in [0.1, 0.15) is 0 Å². The van der Waals surface area contributed by atoms with Crippen molar-refractivity contribution in [3.05, 3.63) is 0 Å². The number of aliphatic hydroxyl groups excluding tert-OH is 1. The number of carbonyl (C=O) groups excluding carboxylic acids is 1. The van der Waals surface area contributed by atoms with Gasteiger partial charge in [0, 0.05) is 6.54 Å². The van der Waals surface area contributed by atoms with Gasteiger partial charge in [-0.15, -0.1) is 0 Å². The molecule has 2 N–H and O–H groups in total. The van der Waals surface area contributed by atoms with Gasteiger partial charge in [0.05, 0.1) is 24.7 Å². The number of aliphatic hydroxyl groups is 1. The normalized spacial score (nSPS) is 26.2. The van der Waals surface area contributed by atoms with Crippen LogP contribution in [0.15, 0.2) is 0 Å². The van der Waals surface area contributed by atoms with E-state index in [1.165, 1.54) is 0 Å². The highest BCUT2D eigenvalue weighted by atomic mass is 16.5. The van der Waals surface area contributed by atoms with E-state index in [9.17, 15) is 9.90 Å². The molecule has 1 aliphatic rings. The predicted octanol–water partition coefficient (Wildman–Crippen LogP) is 1.32. The average molecular weight is 243 g/mol. The first kappa shape index (κ1) is 14.5.